The van der Waals surface area contributed by atoms with Gasteiger partial charge in [0, 0.05) is 16.1 Å². The highest BCUT2D eigenvalue weighted by atomic mass is 32.2. The van der Waals surface area contributed by atoms with Crippen molar-refractivity contribution in [2.24, 2.45) is 0 Å². The fourth-order valence-corrected chi connectivity index (χ4v) is 3.27. The predicted molar refractivity (Wildman–Crippen MR) is 105 cm³/mol. The van der Waals surface area contributed by atoms with Gasteiger partial charge in [0.1, 0.15) is 11.3 Å². The number of carbonyl (C=O) groups is 1. The molecule has 0 fully saturated rings. The van der Waals surface area contributed by atoms with Crippen LogP contribution in [0.5, 0.6) is 0 Å². The minimum absolute atomic E-state index is 0.126. The minimum Gasteiger partial charge on any atom is -0.436 e. The number of benzene rings is 3. The van der Waals surface area contributed by atoms with E-state index in [1.54, 1.807) is 12.1 Å². The van der Waals surface area contributed by atoms with E-state index in [0.717, 1.165) is 21.6 Å². The molecule has 0 aliphatic carbocycles. The number of nitrogens with zero attached hydrogens (tertiary/aromatic N) is 1. The Balaban J connectivity index is 1.38. The highest BCUT2D eigenvalue weighted by molar-refractivity contribution is 8.00. The molecule has 1 amide bonds. The van der Waals surface area contributed by atoms with Crippen molar-refractivity contribution >= 4 is 34.5 Å². The van der Waals surface area contributed by atoms with E-state index in [9.17, 15) is 9.18 Å². The molecule has 4 rings (SSSR count). The molecule has 0 saturated heterocycles. The first kappa shape index (κ1) is 17.3. The maximum Gasteiger partial charge on any atom is 0.234 e. The van der Waals surface area contributed by atoms with Gasteiger partial charge < -0.3 is 9.73 Å². The lowest BCUT2D eigenvalue weighted by atomic mass is 10.2. The van der Waals surface area contributed by atoms with E-state index in [0.29, 0.717) is 11.6 Å². The van der Waals surface area contributed by atoms with Crippen LogP contribution in [-0.4, -0.2) is 16.6 Å². The van der Waals surface area contributed by atoms with Crippen LogP contribution in [0.1, 0.15) is 0 Å². The standard InChI is InChI=1S/C21H15FN2O2S/c22-15-7-11-17(12-8-15)27-13-20(25)23-16-9-5-14(6-10-16)21-24-18-3-1-2-4-19(18)26-21/h1-12H,13H2,(H,23,25). The molecule has 0 aliphatic rings. The number of amides is 1. The van der Waals surface area contributed by atoms with Crippen molar-refractivity contribution in [2.45, 2.75) is 4.90 Å². The summed E-state index contributed by atoms with van der Waals surface area (Å²) in [5, 5.41) is 2.84. The zero-order valence-electron chi connectivity index (χ0n) is 14.2. The zero-order chi connectivity index (χ0) is 18.6. The van der Waals surface area contributed by atoms with E-state index in [2.05, 4.69) is 10.3 Å². The van der Waals surface area contributed by atoms with Crippen LogP contribution in [0.25, 0.3) is 22.6 Å². The van der Waals surface area contributed by atoms with Crippen LogP contribution in [0, 0.1) is 5.82 Å². The molecule has 1 N–H and O–H groups in total. The van der Waals surface area contributed by atoms with Crippen molar-refractivity contribution in [1.82, 2.24) is 4.98 Å². The largest absolute Gasteiger partial charge is 0.436 e. The average molecular weight is 378 g/mol. The molecule has 0 spiro atoms. The molecule has 0 saturated carbocycles. The van der Waals surface area contributed by atoms with Gasteiger partial charge in [-0.1, -0.05) is 12.1 Å². The van der Waals surface area contributed by atoms with Gasteiger partial charge in [-0.25, -0.2) is 9.37 Å². The smallest absolute Gasteiger partial charge is 0.234 e. The van der Waals surface area contributed by atoms with Gasteiger partial charge in [0.25, 0.3) is 0 Å². The number of halogens is 1. The van der Waals surface area contributed by atoms with Crippen LogP contribution in [-0.2, 0) is 4.79 Å². The number of thioether (sulfide) groups is 1. The number of aromatic nitrogens is 1. The van der Waals surface area contributed by atoms with Gasteiger partial charge >= 0.3 is 0 Å². The SMILES string of the molecule is O=C(CSc1ccc(F)cc1)Nc1ccc(-c2nc3ccccc3o2)cc1. The Hall–Kier alpha value is -3.12. The number of hydrogen-bond donors (Lipinski definition) is 1. The number of anilines is 1. The Morgan fingerprint density at radius 1 is 1.00 bits per heavy atom. The maximum absolute atomic E-state index is 12.9. The van der Waals surface area contributed by atoms with Gasteiger partial charge in [0.05, 0.1) is 5.75 Å². The van der Waals surface area contributed by atoms with Crippen molar-refractivity contribution in [3.63, 3.8) is 0 Å². The molecule has 0 aliphatic heterocycles. The van der Waals surface area contributed by atoms with E-state index < -0.39 is 0 Å². The second-order valence-corrected chi connectivity index (χ2v) is 6.90. The number of hydrogen-bond acceptors (Lipinski definition) is 4. The summed E-state index contributed by atoms with van der Waals surface area (Å²) in [7, 11) is 0. The lowest BCUT2D eigenvalue weighted by molar-refractivity contribution is -0.113. The summed E-state index contributed by atoms with van der Waals surface area (Å²) in [5.41, 5.74) is 3.08. The van der Waals surface area contributed by atoms with E-state index in [-0.39, 0.29) is 17.5 Å². The van der Waals surface area contributed by atoms with E-state index in [4.69, 9.17) is 4.42 Å². The van der Waals surface area contributed by atoms with Crippen molar-refractivity contribution in [1.29, 1.82) is 0 Å². The second kappa shape index (κ2) is 7.63. The van der Waals surface area contributed by atoms with Gasteiger partial charge in [0.2, 0.25) is 11.8 Å². The lowest BCUT2D eigenvalue weighted by Crippen LogP contribution is -2.13. The Labute approximate surface area is 159 Å². The number of fused-ring (bicyclic) bond motifs is 1. The molecule has 0 atom stereocenters. The number of nitrogens with one attached hydrogen (secondary N) is 1. The van der Waals surface area contributed by atoms with Gasteiger partial charge in [-0.05, 0) is 60.7 Å². The maximum atomic E-state index is 12.9. The monoisotopic (exact) mass is 378 g/mol. The molecule has 4 nitrogen and oxygen atoms in total. The summed E-state index contributed by atoms with van der Waals surface area (Å²) in [6.45, 7) is 0. The summed E-state index contributed by atoms with van der Waals surface area (Å²) in [6.07, 6.45) is 0. The summed E-state index contributed by atoms with van der Waals surface area (Å²) in [4.78, 5) is 17.4. The number of oxazole rings is 1. The van der Waals surface area contributed by atoms with Crippen LogP contribution in [0.15, 0.2) is 82.1 Å². The van der Waals surface area contributed by atoms with Crippen LogP contribution < -0.4 is 5.32 Å². The molecule has 0 unspecified atom stereocenters. The Morgan fingerprint density at radius 2 is 1.74 bits per heavy atom. The fourth-order valence-electron chi connectivity index (χ4n) is 2.57. The van der Waals surface area contributed by atoms with Crippen molar-refractivity contribution < 1.29 is 13.6 Å². The van der Waals surface area contributed by atoms with Crippen LogP contribution in [0.2, 0.25) is 0 Å². The zero-order valence-corrected chi connectivity index (χ0v) is 15.0. The molecular formula is C21H15FN2O2S. The Kier molecular flexibility index (Phi) is 4.89. The Morgan fingerprint density at radius 3 is 2.48 bits per heavy atom. The summed E-state index contributed by atoms with van der Waals surface area (Å²) in [5.74, 6) is 0.376. The molecule has 3 aromatic carbocycles. The van der Waals surface area contributed by atoms with Gasteiger partial charge in [-0.2, -0.15) is 0 Å². The number of carbonyl (C=O) groups excluding carboxylic acids is 1. The first-order chi connectivity index (χ1) is 13.2. The normalized spacial score (nSPS) is 10.9. The number of para-hydroxylation sites is 2. The molecule has 0 bridgehead atoms. The first-order valence-electron chi connectivity index (χ1n) is 8.32. The van der Waals surface area contributed by atoms with Gasteiger partial charge in [-0.3, -0.25) is 4.79 Å². The van der Waals surface area contributed by atoms with Crippen LogP contribution >= 0.6 is 11.8 Å². The van der Waals surface area contributed by atoms with Crippen LogP contribution in [0.4, 0.5) is 10.1 Å². The van der Waals surface area contributed by atoms with E-state index >= 15 is 0 Å². The fraction of sp³-hybridized carbons (Fsp3) is 0.0476. The molecular weight excluding hydrogens is 363 g/mol. The minimum atomic E-state index is -0.289. The molecule has 0 radical (unpaired) electrons. The third-order valence-corrected chi connectivity index (χ3v) is 4.91. The molecule has 4 aromatic rings. The second-order valence-electron chi connectivity index (χ2n) is 5.85. The summed E-state index contributed by atoms with van der Waals surface area (Å²) >= 11 is 1.36. The van der Waals surface area contributed by atoms with E-state index in [1.165, 1.54) is 23.9 Å². The van der Waals surface area contributed by atoms with Gasteiger partial charge in [-0.15, -0.1) is 11.8 Å². The Bertz CT molecular complexity index is 1040. The molecule has 134 valence electrons. The first-order valence-corrected chi connectivity index (χ1v) is 9.30. The predicted octanol–water partition coefficient (Wildman–Crippen LogP) is 5.36. The van der Waals surface area contributed by atoms with Crippen molar-refractivity contribution in [3.8, 4) is 11.5 Å². The summed E-state index contributed by atoms with van der Waals surface area (Å²) < 4.78 is 18.6. The topological polar surface area (TPSA) is 55.1 Å². The molecule has 1 heterocycles. The van der Waals surface area contributed by atoms with Crippen molar-refractivity contribution in [3.05, 3.63) is 78.6 Å². The average Bonchev–Trinajstić information content (AvgIpc) is 3.12. The molecule has 27 heavy (non-hydrogen) atoms. The highest BCUT2D eigenvalue weighted by Crippen LogP contribution is 2.25. The lowest BCUT2D eigenvalue weighted by Gasteiger charge is -2.06. The van der Waals surface area contributed by atoms with Crippen molar-refractivity contribution in [2.75, 3.05) is 11.1 Å². The third kappa shape index (κ3) is 4.17. The van der Waals surface area contributed by atoms with Crippen LogP contribution in [0.3, 0.4) is 0 Å². The highest BCUT2D eigenvalue weighted by Gasteiger charge is 2.09. The molecule has 6 heteroatoms. The molecule has 1 aromatic heterocycles. The quantitative estimate of drug-likeness (QED) is 0.475. The van der Waals surface area contributed by atoms with Gasteiger partial charge in [0.15, 0.2) is 5.58 Å². The van der Waals surface area contributed by atoms with E-state index in [1.807, 2.05) is 48.5 Å². The summed E-state index contributed by atoms with van der Waals surface area (Å²) in [6, 6.07) is 21.0. The third-order valence-electron chi connectivity index (χ3n) is 3.89. The number of rotatable bonds is 5.